The van der Waals surface area contributed by atoms with E-state index in [0.29, 0.717) is 30.2 Å². The first kappa shape index (κ1) is 15.1. The third kappa shape index (κ3) is 2.65. The first-order valence-corrected chi connectivity index (χ1v) is 7.99. The van der Waals surface area contributed by atoms with Gasteiger partial charge in [-0.15, -0.1) is 0 Å². The summed E-state index contributed by atoms with van der Waals surface area (Å²) in [6, 6.07) is 12.0. The van der Waals surface area contributed by atoms with E-state index in [9.17, 15) is 4.79 Å². The number of amides is 1. The number of nitrogens with zero attached hydrogens (tertiary/aromatic N) is 1. The van der Waals surface area contributed by atoms with Crippen molar-refractivity contribution in [1.82, 2.24) is 4.90 Å². The number of halogens is 1. The van der Waals surface area contributed by atoms with E-state index < -0.39 is 0 Å². The van der Waals surface area contributed by atoms with Crippen molar-refractivity contribution >= 4 is 28.5 Å². The quantitative estimate of drug-likeness (QED) is 0.727. The molecule has 2 aromatic carbocycles. The summed E-state index contributed by atoms with van der Waals surface area (Å²) in [6.07, 6.45) is 0. The molecule has 0 unspecified atom stereocenters. The maximum Gasteiger partial charge on any atom is 0.258 e. The van der Waals surface area contributed by atoms with Crippen LogP contribution in [0.3, 0.4) is 0 Å². The molecule has 1 aliphatic rings. The Hall–Kier alpha value is -1.76. The van der Waals surface area contributed by atoms with Gasteiger partial charge in [0.25, 0.3) is 5.91 Å². The minimum atomic E-state index is -0.00962. The van der Waals surface area contributed by atoms with Gasteiger partial charge in [-0.3, -0.25) is 4.79 Å². The van der Waals surface area contributed by atoms with Crippen molar-refractivity contribution in [3.8, 4) is 11.5 Å². The summed E-state index contributed by atoms with van der Waals surface area (Å²) >= 11 is 2.28. The van der Waals surface area contributed by atoms with Crippen LogP contribution in [0.2, 0.25) is 0 Å². The third-order valence-electron chi connectivity index (χ3n) is 3.76. The highest BCUT2D eigenvalue weighted by atomic mass is 127. The molecular weight excluding hydrogens is 393 g/mol. The Morgan fingerprint density at radius 1 is 1.18 bits per heavy atom. The standard InChI is InChI=1S/C17H16INO3/c1-21-14-7-6-12-10-19(17(20)15(12)16(14)22-2)9-11-4-3-5-13(18)8-11/h3-8H,9-10H2,1-2H3. The van der Waals surface area contributed by atoms with Gasteiger partial charge < -0.3 is 14.4 Å². The number of fused-ring (bicyclic) bond motifs is 1. The molecule has 114 valence electrons. The van der Waals surface area contributed by atoms with E-state index in [-0.39, 0.29) is 5.91 Å². The highest BCUT2D eigenvalue weighted by molar-refractivity contribution is 14.1. The lowest BCUT2D eigenvalue weighted by Crippen LogP contribution is -2.23. The summed E-state index contributed by atoms with van der Waals surface area (Å²) in [4.78, 5) is 14.6. The molecule has 0 radical (unpaired) electrons. The van der Waals surface area contributed by atoms with Gasteiger partial charge in [-0.2, -0.15) is 0 Å². The second-order valence-electron chi connectivity index (χ2n) is 5.13. The third-order valence-corrected chi connectivity index (χ3v) is 4.43. The van der Waals surface area contributed by atoms with Crippen molar-refractivity contribution in [3.63, 3.8) is 0 Å². The second kappa shape index (κ2) is 6.16. The molecule has 0 bridgehead atoms. The van der Waals surface area contributed by atoms with E-state index in [0.717, 1.165) is 11.1 Å². The normalized spacial score (nSPS) is 13.2. The number of carbonyl (C=O) groups is 1. The summed E-state index contributed by atoms with van der Waals surface area (Å²) in [5.41, 5.74) is 2.72. The summed E-state index contributed by atoms with van der Waals surface area (Å²) in [5.74, 6) is 1.10. The predicted molar refractivity (Wildman–Crippen MR) is 92.3 cm³/mol. The Morgan fingerprint density at radius 3 is 2.68 bits per heavy atom. The zero-order valence-electron chi connectivity index (χ0n) is 12.4. The number of benzene rings is 2. The molecule has 0 atom stereocenters. The number of hydrogen-bond acceptors (Lipinski definition) is 3. The van der Waals surface area contributed by atoms with Crippen LogP contribution >= 0.6 is 22.6 Å². The lowest BCUT2D eigenvalue weighted by Gasteiger charge is -2.16. The van der Waals surface area contributed by atoms with Crippen molar-refractivity contribution in [2.45, 2.75) is 13.1 Å². The van der Waals surface area contributed by atoms with Crippen LogP contribution in [0.4, 0.5) is 0 Å². The minimum Gasteiger partial charge on any atom is -0.493 e. The maximum absolute atomic E-state index is 12.7. The predicted octanol–water partition coefficient (Wildman–Crippen LogP) is 3.46. The van der Waals surface area contributed by atoms with E-state index in [1.807, 2.05) is 35.2 Å². The smallest absolute Gasteiger partial charge is 0.258 e. The van der Waals surface area contributed by atoms with Gasteiger partial charge in [0.2, 0.25) is 0 Å². The van der Waals surface area contributed by atoms with Crippen LogP contribution < -0.4 is 9.47 Å². The first-order chi connectivity index (χ1) is 10.6. The van der Waals surface area contributed by atoms with E-state index in [4.69, 9.17) is 9.47 Å². The number of ether oxygens (including phenoxy) is 2. The van der Waals surface area contributed by atoms with E-state index >= 15 is 0 Å². The molecule has 3 rings (SSSR count). The molecule has 22 heavy (non-hydrogen) atoms. The summed E-state index contributed by atoms with van der Waals surface area (Å²) in [5, 5.41) is 0. The van der Waals surface area contributed by atoms with Gasteiger partial charge in [0.05, 0.1) is 19.8 Å². The Labute approximate surface area is 143 Å². The Balaban J connectivity index is 1.91. The number of carbonyl (C=O) groups excluding carboxylic acids is 1. The molecule has 0 aromatic heterocycles. The van der Waals surface area contributed by atoms with Gasteiger partial charge in [0.15, 0.2) is 11.5 Å². The highest BCUT2D eigenvalue weighted by Gasteiger charge is 2.32. The zero-order valence-corrected chi connectivity index (χ0v) is 14.6. The molecule has 1 heterocycles. The molecule has 2 aromatic rings. The minimum absolute atomic E-state index is 0.00962. The van der Waals surface area contributed by atoms with Crippen LogP contribution in [0, 0.1) is 3.57 Å². The van der Waals surface area contributed by atoms with E-state index in [1.165, 1.54) is 3.57 Å². The Kier molecular flexibility index (Phi) is 4.24. The molecular formula is C17H16INO3. The van der Waals surface area contributed by atoms with Gasteiger partial charge in [0, 0.05) is 16.7 Å². The highest BCUT2D eigenvalue weighted by Crippen LogP contribution is 2.38. The second-order valence-corrected chi connectivity index (χ2v) is 6.37. The average molecular weight is 409 g/mol. The molecule has 0 spiro atoms. The van der Waals surface area contributed by atoms with Gasteiger partial charge in [-0.25, -0.2) is 0 Å². The summed E-state index contributed by atoms with van der Waals surface area (Å²) < 4.78 is 11.8. The SMILES string of the molecule is COc1ccc2c(c1OC)C(=O)N(Cc1cccc(I)c1)C2. The fourth-order valence-corrected chi connectivity index (χ4v) is 3.36. The number of hydrogen-bond donors (Lipinski definition) is 0. The molecule has 1 amide bonds. The fourth-order valence-electron chi connectivity index (χ4n) is 2.75. The van der Waals surface area contributed by atoms with Gasteiger partial charge >= 0.3 is 0 Å². The summed E-state index contributed by atoms with van der Waals surface area (Å²) in [7, 11) is 3.14. The van der Waals surface area contributed by atoms with Crippen LogP contribution in [0.1, 0.15) is 21.5 Å². The average Bonchev–Trinajstić information content (AvgIpc) is 2.83. The van der Waals surface area contributed by atoms with Crippen molar-refractivity contribution in [2.75, 3.05) is 14.2 Å². The lowest BCUT2D eigenvalue weighted by molar-refractivity contribution is 0.0764. The lowest BCUT2D eigenvalue weighted by atomic mass is 10.1. The van der Waals surface area contributed by atoms with Crippen LogP contribution in [0.5, 0.6) is 11.5 Å². The van der Waals surface area contributed by atoms with Gasteiger partial charge in [-0.1, -0.05) is 18.2 Å². The van der Waals surface area contributed by atoms with Crippen LogP contribution in [-0.4, -0.2) is 25.0 Å². The van der Waals surface area contributed by atoms with E-state index in [2.05, 4.69) is 28.7 Å². The molecule has 0 N–H and O–H groups in total. The first-order valence-electron chi connectivity index (χ1n) is 6.91. The van der Waals surface area contributed by atoms with Crippen molar-refractivity contribution < 1.29 is 14.3 Å². The zero-order chi connectivity index (χ0) is 15.7. The molecule has 0 fully saturated rings. The molecule has 0 saturated carbocycles. The molecule has 5 heteroatoms. The van der Waals surface area contributed by atoms with Gasteiger partial charge in [-0.05, 0) is 51.9 Å². The maximum atomic E-state index is 12.7. The molecule has 4 nitrogen and oxygen atoms in total. The van der Waals surface area contributed by atoms with Crippen molar-refractivity contribution in [2.24, 2.45) is 0 Å². The fraction of sp³-hybridized carbons (Fsp3) is 0.235. The summed E-state index contributed by atoms with van der Waals surface area (Å²) in [6.45, 7) is 1.19. The monoisotopic (exact) mass is 409 g/mol. The molecule has 0 aliphatic carbocycles. The number of rotatable bonds is 4. The Morgan fingerprint density at radius 2 is 2.00 bits per heavy atom. The van der Waals surface area contributed by atoms with Crippen LogP contribution in [0.25, 0.3) is 0 Å². The Bertz CT molecular complexity index is 730. The van der Waals surface area contributed by atoms with E-state index in [1.54, 1.807) is 14.2 Å². The van der Waals surface area contributed by atoms with Gasteiger partial charge in [0.1, 0.15) is 0 Å². The van der Waals surface area contributed by atoms with Crippen molar-refractivity contribution in [1.29, 1.82) is 0 Å². The van der Waals surface area contributed by atoms with Crippen LogP contribution in [0.15, 0.2) is 36.4 Å². The van der Waals surface area contributed by atoms with Crippen LogP contribution in [-0.2, 0) is 13.1 Å². The molecule has 0 saturated heterocycles. The molecule has 1 aliphatic heterocycles. The van der Waals surface area contributed by atoms with Crippen molar-refractivity contribution in [3.05, 3.63) is 56.7 Å². The topological polar surface area (TPSA) is 38.8 Å². The largest absolute Gasteiger partial charge is 0.493 e. The number of methoxy groups -OCH3 is 2.